The van der Waals surface area contributed by atoms with E-state index < -0.39 is 0 Å². The maximum absolute atomic E-state index is 5.74. The van der Waals surface area contributed by atoms with Crippen LogP contribution in [0.1, 0.15) is 17.0 Å². The minimum atomic E-state index is 0.629. The number of nitrogens with zero attached hydrogens (tertiary/aromatic N) is 1. The summed E-state index contributed by atoms with van der Waals surface area (Å²) in [6.07, 6.45) is 0. The van der Waals surface area contributed by atoms with Gasteiger partial charge >= 0.3 is 0 Å². The standard InChI is InChI=1S/C12H15N3O/c1-8-5-10(3-4-12(8)13)14-7-11-6-9(2)15-16-11/h3-6,14H,7,13H2,1-2H3. The van der Waals surface area contributed by atoms with Crippen molar-refractivity contribution in [1.29, 1.82) is 0 Å². The van der Waals surface area contributed by atoms with E-state index in [9.17, 15) is 0 Å². The van der Waals surface area contributed by atoms with Crippen LogP contribution in [0.15, 0.2) is 28.8 Å². The first-order valence-electron chi connectivity index (χ1n) is 5.17. The van der Waals surface area contributed by atoms with Crippen LogP contribution in [-0.4, -0.2) is 5.16 Å². The molecule has 0 bridgehead atoms. The average molecular weight is 217 g/mol. The number of benzene rings is 1. The van der Waals surface area contributed by atoms with Crippen molar-refractivity contribution in [2.24, 2.45) is 0 Å². The van der Waals surface area contributed by atoms with Crippen LogP contribution < -0.4 is 11.1 Å². The lowest BCUT2D eigenvalue weighted by Gasteiger charge is -2.06. The maximum Gasteiger partial charge on any atom is 0.156 e. The van der Waals surface area contributed by atoms with Gasteiger partial charge in [-0.1, -0.05) is 5.16 Å². The molecule has 1 aromatic carbocycles. The second kappa shape index (κ2) is 4.26. The SMILES string of the molecule is Cc1cc(CNc2ccc(N)c(C)c2)on1. The van der Waals surface area contributed by atoms with Gasteiger partial charge in [-0.3, -0.25) is 0 Å². The molecule has 0 unspecified atom stereocenters. The van der Waals surface area contributed by atoms with Crippen molar-refractivity contribution in [2.75, 3.05) is 11.1 Å². The highest BCUT2D eigenvalue weighted by molar-refractivity contribution is 5.56. The predicted octanol–water partition coefficient (Wildman–Crippen LogP) is 2.49. The van der Waals surface area contributed by atoms with Crippen molar-refractivity contribution < 1.29 is 4.52 Å². The zero-order valence-electron chi connectivity index (χ0n) is 9.45. The molecule has 16 heavy (non-hydrogen) atoms. The van der Waals surface area contributed by atoms with Crippen molar-refractivity contribution in [3.63, 3.8) is 0 Å². The van der Waals surface area contributed by atoms with Crippen molar-refractivity contribution >= 4 is 11.4 Å². The van der Waals surface area contributed by atoms with Gasteiger partial charge in [-0.2, -0.15) is 0 Å². The molecule has 0 saturated heterocycles. The van der Waals surface area contributed by atoms with Crippen molar-refractivity contribution in [2.45, 2.75) is 20.4 Å². The van der Waals surface area contributed by atoms with Gasteiger partial charge in [0.2, 0.25) is 0 Å². The number of nitrogens with two attached hydrogens (primary N) is 1. The lowest BCUT2D eigenvalue weighted by atomic mass is 10.2. The lowest BCUT2D eigenvalue weighted by molar-refractivity contribution is 0.384. The Morgan fingerprint density at radius 1 is 1.31 bits per heavy atom. The number of anilines is 2. The van der Waals surface area contributed by atoms with E-state index in [-0.39, 0.29) is 0 Å². The van der Waals surface area contributed by atoms with Gasteiger partial charge in [0.25, 0.3) is 0 Å². The number of hydrogen-bond donors (Lipinski definition) is 2. The number of aryl methyl sites for hydroxylation is 2. The van der Waals surface area contributed by atoms with Crippen LogP contribution in [-0.2, 0) is 6.54 Å². The van der Waals surface area contributed by atoms with E-state index in [1.807, 2.05) is 38.1 Å². The van der Waals surface area contributed by atoms with Crippen molar-refractivity contribution in [3.8, 4) is 0 Å². The van der Waals surface area contributed by atoms with Crippen LogP contribution in [0.2, 0.25) is 0 Å². The lowest BCUT2D eigenvalue weighted by Crippen LogP contribution is -1.99. The van der Waals surface area contributed by atoms with Crippen LogP contribution in [0.5, 0.6) is 0 Å². The van der Waals surface area contributed by atoms with Gasteiger partial charge in [0, 0.05) is 17.4 Å². The number of aromatic nitrogens is 1. The van der Waals surface area contributed by atoms with E-state index in [2.05, 4.69) is 10.5 Å². The Hall–Kier alpha value is -1.97. The normalized spacial score (nSPS) is 10.4. The summed E-state index contributed by atoms with van der Waals surface area (Å²) in [6, 6.07) is 7.77. The van der Waals surface area contributed by atoms with Crippen molar-refractivity contribution in [3.05, 3.63) is 41.3 Å². The van der Waals surface area contributed by atoms with Crippen LogP contribution in [0, 0.1) is 13.8 Å². The van der Waals surface area contributed by atoms with Gasteiger partial charge in [-0.05, 0) is 37.6 Å². The van der Waals surface area contributed by atoms with Gasteiger partial charge in [0.15, 0.2) is 5.76 Å². The van der Waals surface area contributed by atoms with Crippen LogP contribution >= 0.6 is 0 Å². The average Bonchev–Trinajstić information content (AvgIpc) is 2.66. The van der Waals surface area contributed by atoms with Gasteiger partial charge in [-0.15, -0.1) is 0 Å². The maximum atomic E-state index is 5.74. The molecule has 0 aliphatic heterocycles. The second-order valence-electron chi connectivity index (χ2n) is 3.86. The molecule has 4 heteroatoms. The quantitative estimate of drug-likeness (QED) is 0.775. The largest absolute Gasteiger partial charge is 0.399 e. The Labute approximate surface area is 94.4 Å². The molecule has 0 amide bonds. The summed E-state index contributed by atoms with van der Waals surface area (Å²) in [5, 5.41) is 7.08. The molecule has 0 aliphatic carbocycles. The van der Waals surface area contributed by atoms with E-state index in [0.29, 0.717) is 6.54 Å². The summed E-state index contributed by atoms with van der Waals surface area (Å²) in [6.45, 7) is 4.52. The third-order valence-corrected chi connectivity index (χ3v) is 2.41. The van der Waals surface area contributed by atoms with E-state index >= 15 is 0 Å². The Bertz CT molecular complexity index is 491. The van der Waals surface area contributed by atoms with E-state index in [1.54, 1.807) is 0 Å². The molecule has 1 aromatic heterocycles. The third kappa shape index (κ3) is 2.34. The predicted molar refractivity (Wildman–Crippen MR) is 64.2 cm³/mol. The fraction of sp³-hybridized carbons (Fsp3) is 0.250. The first-order valence-corrected chi connectivity index (χ1v) is 5.17. The summed E-state index contributed by atoms with van der Waals surface area (Å²) in [5.74, 6) is 0.826. The number of hydrogen-bond acceptors (Lipinski definition) is 4. The fourth-order valence-electron chi connectivity index (χ4n) is 1.47. The highest BCUT2D eigenvalue weighted by atomic mass is 16.5. The molecule has 0 spiro atoms. The molecule has 2 aromatic rings. The van der Waals surface area contributed by atoms with Gasteiger partial charge < -0.3 is 15.6 Å². The first kappa shape index (κ1) is 10.5. The number of nitrogens with one attached hydrogen (secondary N) is 1. The minimum absolute atomic E-state index is 0.629. The van der Waals surface area contributed by atoms with Gasteiger partial charge in [0.1, 0.15) is 0 Å². The number of nitrogen functional groups attached to an aromatic ring is 1. The Kier molecular flexibility index (Phi) is 2.81. The molecule has 0 saturated carbocycles. The molecule has 0 fully saturated rings. The molecular formula is C12H15N3O. The Balaban J connectivity index is 2.02. The molecule has 0 aliphatic rings. The molecule has 4 nitrogen and oxygen atoms in total. The van der Waals surface area contributed by atoms with E-state index in [4.69, 9.17) is 10.3 Å². The summed E-state index contributed by atoms with van der Waals surface area (Å²) in [7, 11) is 0. The van der Waals surface area contributed by atoms with E-state index in [0.717, 1.165) is 28.4 Å². The van der Waals surface area contributed by atoms with Crippen LogP contribution in [0.4, 0.5) is 11.4 Å². The summed E-state index contributed by atoms with van der Waals surface area (Å²) in [5.41, 5.74) is 9.54. The molecule has 1 heterocycles. The first-order chi connectivity index (χ1) is 7.65. The van der Waals surface area contributed by atoms with Crippen LogP contribution in [0.3, 0.4) is 0 Å². The molecule has 2 rings (SSSR count). The zero-order valence-corrected chi connectivity index (χ0v) is 9.45. The van der Waals surface area contributed by atoms with Crippen LogP contribution in [0.25, 0.3) is 0 Å². The highest BCUT2D eigenvalue weighted by Crippen LogP contribution is 2.17. The minimum Gasteiger partial charge on any atom is -0.399 e. The third-order valence-electron chi connectivity index (χ3n) is 2.41. The summed E-state index contributed by atoms with van der Waals surface area (Å²) >= 11 is 0. The zero-order chi connectivity index (χ0) is 11.5. The summed E-state index contributed by atoms with van der Waals surface area (Å²) < 4.78 is 5.10. The number of rotatable bonds is 3. The van der Waals surface area contributed by atoms with Gasteiger partial charge in [-0.25, -0.2) is 0 Å². The molecule has 3 N–H and O–H groups in total. The highest BCUT2D eigenvalue weighted by Gasteiger charge is 2.01. The molecular weight excluding hydrogens is 202 g/mol. The smallest absolute Gasteiger partial charge is 0.156 e. The monoisotopic (exact) mass is 217 g/mol. The summed E-state index contributed by atoms with van der Waals surface area (Å²) in [4.78, 5) is 0. The Morgan fingerprint density at radius 3 is 2.75 bits per heavy atom. The molecule has 84 valence electrons. The topological polar surface area (TPSA) is 64.1 Å². The second-order valence-corrected chi connectivity index (χ2v) is 3.86. The van der Waals surface area contributed by atoms with Crippen molar-refractivity contribution in [1.82, 2.24) is 5.16 Å². The van der Waals surface area contributed by atoms with Gasteiger partial charge in [0.05, 0.1) is 12.2 Å². The molecule has 0 radical (unpaired) electrons. The van der Waals surface area contributed by atoms with E-state index in [1.165, 1.54) is 0 Å². The Morgan fingerprint density at radius 2 is 2.12 bits per heavy atom. The molecule has 0 atom stereocenters. The fourth-order valence-corrected chi connectivity index (χ4v) is 1.47.